The molecule has 144 valence electrons. The first kappa shape index (κ1) is 19.4. The normalized spacial score (nSPS) is 12.4. The van der Waals surface area contributed by atoms with Crippen LogP contribution in [0.25, 0.3) is 17.0 Å². The number of imidazole rings is 1. The molecule has 0 aliphatic rings. The van der Waals surface area contributed by atoms with E-state index in [4.69, 9.17) is 21.1 Å². The molecule has 3 rings (SSSR count). The molecule has 0 aliphatic carbocycles. The van der Waals surface area contributed by atoms with Crippen molar-refractivity contribution in [1.29, 1.82) is 0 Å². The van der Waals surface area contributed by atoms with E-state index in [1.54, 1.807) is 49.6 Å². The second-order valence-corrected chi connectivity index (χ2v) is 9.91. The Labute approximate surface area is 162 Å². The van der Waals surface area contributed by atoms with Crippen molar-refractivity contribution in [2.45, 2.75) is 30.4 Å². The molecule has 27 heavy (non-hydrogen) atoms. The highest BCUT2D eigenvalue weighted by Crippen LogP contribution is 2.34. The van der Waals surface area contributed by atoms with E-state index in [1.807, 2.05) is 0 Å². The Kier molecular flexibility index (Phi) is 4.81. The quantitative estimate of drug-likeness (QED) is 0.612. The van der Waals surface area contributed by atoms with E-state index in [2.05, 4.69) is 9.97 Å². The molecule has 0 spiro atoms. The van der Waals surface area contributed by atoms with Gasteiger partial charge in [-0.2, -0.15) is 0 Å². The molecule has 3 aromatic rings. The monoisotopic (exact) mass is 409 g/mol. The molecule has 0 amide bonds. The van der Waals surface area contributed by atoms with Gasteiger partial charge in [-0.05, 0) is 32.9 Å². The van der Waals surface area contributed by atoms with Crippen molar-refractivity contribution in [2.24, 2.45) is 0 Å². The van der Waals surface area contributed by atoms with E-state index < -0.39 is 14.6 Å². The molecule has 0 bridgehead atoms. The van der Waals surface area contributed by atoms with Crippen molar-refractivity contribution >= 4 is 27.1 Å². The number of ether oxygens (including phenoxy) is 2. The third-order valence-electron chi connectivity index (χ3n) is 4.19. The van der Waals surface area contributed by atoms with Gasteiger partial charge in [-0.25, -0.2) is 18.4 Å². The van der Waals surface area contributed by atoms with Gasteiger partial charge in [-0.3, -0.25) is 4.40 Å². The number of hydrogen-bond donors (Lipinski definition) is 0. The van der Waals surface area contributed by atoms with Crippen molar-refractivity contribution in [3.05, 3.63) is 35.7 Å². The van der Waals surface area contributed by atoms with Gasteiger partial charge in [0.15, 0.2) is 20.7 Å². The Morgan fingerprint density at radius 1 is 1.11 bits per heavy atom. The predicted molar refractivity (Wildman–Crippen MR) is 103 cm³/mol. The third kappa shape index (κ3) is 3.23. The van der Waals surface area contributed by atoms with Gasteiger partial charge in [0, 0.05) is 12.3 Å². The number of rotatable bonds is 4. The zero-order valence-corrected chi connectivity index (χ0v) is 17.2. The van der Waals surface area contributed by atoms with Crippen LogP contribution in [0.3, 0.4) is 0 Å². The number of hydrogen-bond acceptors (Lipinski definition) is 6. The molecule has 0 saturated heterocycles. The van der Waals surface area contributed by atoms with Crippen molar-refractivity contribution in [1.82, 2.24) is 14.4 Å². The topological polar surface area (TPSA) is 82.8 Å². The fourth-order valence-corrected chi connectivity index (χ4v) is 4.13. The van der Waals surface area contributed by atoms with Gasteiger partial charge in [0.05, 0.1) is 36.6 Å². The molecule has 3 heterocycles. The van der Waals surface area contributed by atoms with Crippen LogP contribution in [0.4, 0.5) is 0 Å². The summed E-state index contributed by atoms with van der Waals surface area (Å²) in [5.41, 5.74) is 1.67. The van der Waals surface area contributed by atoms with Gasteiger partial charge in [0.2, 0.25) is 0 Å². The maximum absolute atomic E-state index is 13.0. The molecule has 0 unspecified atom stereocenters. The lowest BCUT2D eigenvalue weighted by molar-refractivity contribution is 0.401. The molecule has 0 fully saturated rings. The van der Waals surface area contributed by atoms with Crippen molar-refractivity contribution in [3.63, 3.8) is 0 Å². The van der Waals surface area contributed by atoms with E-state index in [0.29, 0.717) is 22.8 Å². The predicted octanol–water partition coefficient (Wildman–Crippen LogP) is 3.64. The van der Waals surface area contributed by atoms with Crippen LogP contribution in [0.15, 0.2) is 35.5 Å². The molecule has 3 aromatic heterocycles. The third-order valence-corrected chi connectivity index (χ3v) is 6.96. The zero-order chi connectivity index (χ0) is 20.0. The minimum absolute atomic E-state index is 0.0869. The summed E-state index contributed by atoms with van der Waals surface area (Å²) in [5, 5.41) is 0.209. The second kappa shape index (κ2) is 6.69. The Balaban J connectivity index is 2.27. The molecule has 7 nitrogen and oxygen atoms in total. The molecule has 0 saturated carbocycles. The first-order valence-electron chi connectivity index (χ1n) is 8.11. The number of halogens is 1. The summed E-state index contributed by atoms with van der Waals surface area (Å²) in [6.07, 6.45) is 3.12. The van der Waals surface area contributed by atoms with E-state index >= 15 is 0 Å². The summed E-state index contributed by atoms with van der Waals surface area (Å²) >= 11 is 6.13. The maximum atomic E-state index is 13.0. The first-order valence-corrected chi connectivity index (χ1v) is 9.97. The number of sulfone groups is 1. The lowest BCUT2D eigenvalue weighted by atomic mass is 10.3. The van der Waals surface area contributed by atoms with Crippen LogP contribution in [0.1, 0.15) is 20.8 Å². The standard InChI is InChI=1S/C18H20ClN3O4S/c1-18(2,3)27(23,24)15-10-22-12(9-20-16(22)8-14(15)26-5)11-6-7-13(25-4)17(19)21-11/h6-10H,1-5H3. The molecule has 0 radical (unpaired) electrons. The highest BCUT2D eigenvalue weighted by molar-refractivity contribution is 7.92. The van der Waals surface area contributed by atoms with E-state index in [-0.39, 0.29) is 15.8 Å². The minimum atomic E-state index is -3.65. The SMILES string of the molecule is COc1cc2ncc(-c3ccc(OC)c(Cl)n3)n2cc1S(=O)(=O)C(C)(C)C. The number of aromatic nitrogens is 3. The largest absolute Gasteiger partial charge is 0.495 e. The number of nitrogens with zero attached hydrogens (tertiary/aromatic N) is 3. The fraction of sp³-hybridized carbons (Fsp3) is 0.333. The smallest absolute Gasteiger partial charge is 0.188 e. The van der Waals surface area contributed by atoms with Crippen LogP contribution in [0.5, 0.6) is 11.5 Å². The minimum Gasteiger partial charge on any atom is -0.495 e. The molecular weight excluding hydrogens is 390 g/mol. The molecule has 0 N–H and O–H groups in total. The Bertz CT molecular complexity index is 1120. The first-order chi connectivity index (χ1) is 12.6. The number of pyridine rings is 2. The van der Waals surface area contributed by atoms with Gasteiger partial charge in [0.25, 0.3) is 0 Å². The van der Waals surface area contributed by atoms with Crippen LogP contribution < -0.4 is 9.47 Å². The van der Waals surface area contributed by atoms with Crippen molar-refractivity contribution < 1.29 is 17.9 Å². The molecule has 9 heteroatoms. The van der Waals surface area contributed by atoms with Gasteiger partial charge < -0.3 is 9.47 Å². The van der Waals surface area contributed by atoms with Gasteiger partial charge >= 0.3 is 0 Å². The second-order valence-electron chi connectivity index (χ2n) is 6.88. The fourth-order valence-electron chi connectivity index (χ4n) is 2.58. The van der Waals surface area contributed by atoms with Crippen LogP contribution >= 0.6 is 11.6 Å². The Morgan fingerprint density at radius 3 is 2.33 bits per heavy atom. The summed E-state index contributed by atoms with van der Waals surface area (Å²) in [4.78, 5) is 8.74. The number of fused-ring (bicyclic) bond motifs is 1. The highest BCUT2D eigenvalue weighted by Gasteiger charge is 2.34. The van der Waals surface area contributed by atoms with Crippen LogP contribution in [0.2, 0.25) is 5.15 Å². The molecular formula is C18H20ClN3O4S. The van der Waals surface area contributed by atoms with Crippen molar-refractivity contribution in [2.75, 3.05) is 14.2 Å². The zero-order valence-electron chi connectivity index (χ0n) is 15.6. The van der Waals surface area contributed by atoms with Crippen molar-refractivity contribution in [3.8, 4) is 22.9 Å². The van der Waals surface area contributed by atoms with Crippen LogP contribution in [-0.4, -0.2) is 41.8 Å². The Hall–Kier alpha value is -2.32. The van der Waals surface area contributed by atoms with Crippen LogP contribution in [-0.2, 0) is 9.84 Å². The van der Waals surface area contributed by atoms with E-state index in [0.717, 1.165) is 0 Å². The average Bonchev–Trinajstić information content (AvgIpc) is 3.02. The summed E-state index contributed by atoms with van der Waals surface area (Å²) in [6, 6.07) is 5.02. The summed E-state index contributed by atoms with van der Waals surface area (Å²) in [5.74, 6) is 0.696. The van der Waals surface area contributed by atoms with E-state index in [1.165, 1.54) is 20.4 Å². The van der Waals surface area contributed by atoms with Gasteiger partial charge in [-0.15, -0.1) is 0 Å². The van der Waals surface area contributed by atoms with Gasteiger partial charge in [-0.1, -0.05) is 11.6 Å². The lowest BCUT2D eigenvalue weighted by Gasteiger charge is -2.21. The summed E-state index contributed by atoms with van der Waals surface area (Å²) in [7, 11) is -0.707. The highest BCUT2D eigenvalue weighted by atomic mass is 35.5. The Morgan fingerprint density at radius 2 is 1.78 bits per heavy atom. The van der Waals surface area contributed by atoms with Crippen LogP contribution in [0, 0.1) is 0 Å². The number of methoxy groups -OCH3 is 2. The molecule has 0 aliphatic heterocycles. The summed E-state index contributed by atoms with van der Waals surface area (Å²) < 4.78 is 37.1. The lowest BCUT2D eigenvalue weighted by Crippen LogP contribution is -2.28. The molecule has 0 aromatic carbocycles. The maximum Gasteiger partial charge on any atom is 0.188 e. The molecule has 0 atom stereocenters. The van der Waals surface area contributed by atoms with Gasteiger partial charge in [0.1, 0.15) is 16.3 Å². The summed E-state index contributed by atoms with van der Waals surface area (Å²) in [6.45, 7) is 4.93. The van der Waals surface area contributed by atoms with E-state index in [9.17, 15) is 8.42 Å². The average molecular weight is 410 g/mol.